The molecule has 0 aromatic heterocycles. The van der Waals surface area contributed by atoms with E-state index in [1.807, 2.05) is 0 Å². The van der Waals surface area contributed by atoms with Crippen LogP contribution in [0.4, 0.5) is 26.3 Å². The van der Waals surface area contributed by atoms with E-state index in [1.54, 1.807) is 6.08 Å². The molecule has 0 atom stereocenters. The van der Waals surface area contributed by atoms with E-state index in [-0.39, 0.29) is 37.2 Å². The molecule has 212 valence electrons. The van der Waals surface area contributed by atoms with Crippen molar-refractivity contribution in [1.29, 1.82) is 0 Å². The van der Waals surface area contributed by atoms with Crippen molar-refractivity contribution >= 4 is 5.97 Å². The van der Waals surface area contributed by atoms with Gasteiger partial charge < -0.3 is 18.9 Å². The fraction of sp³-hybridized carbons (Fsp3) is 0.464. The van der Waals surface area contributed by atoms with Crippen LogP contribution in [-0.2, 0) is 14.2 Å². The second-order valence-corrected chi connectivity index (χ2v) is 9.74. The summed E-state index contributed by atoms with van der Waals surface area (Å²) in [6.07, 6.45) is -2.56. The van der Waals surface area contributed by atoms with Crippen molar-refractivity contribution in [2.45, 2.75) is 57.0 Å². The van der Waals surface area contributed by atoms with Crippen LogP contribution in [0.2, 0.25) is 0 Å². The first-order chi connectivity index (χ1) is 18.6. The molecule has 4 rings (SSSR count). The van der Waals surface area contributed by atoms with Crippen molar-refractivity contribution in [3.05, 3.63) is 77.4 Å². The molecule has 1 saturated carbocycles. The molecular formula is C28H28F6O5. The highest BCUT2D eigenvalue weighted by Gasteiger charge is 2.45. The highest BCUT2D eigenvalue weighted by Crippen LogP contribution is 2.39. The van der Waals surface area contributed by atoms with Gasteiger partial charge in [-0.2, -0.15) is 8.78 Å². The zero-order chi connectivity index (χ0) is 28.2. The SMILES string of the molecule is C=CCCC1COC(c2cc(F)c(C(=O)OC3CCC(C(F)(F)Oc4cc(F)cc(F)c4)CC3)c(F)c2)OC1. The first-order valence-corrected chi connectivity index (χ1v) is 12.6. The summed E-state index contributed by atoms with van der Waals surface area (Å²) in [6.45, 7) is 4.35. The standard InChI is InChI=1S/C28H28F6O5/c1-2-3-4-16-14-36-27(37-15-16)17-9-23(31)25(24(32)10-17)26(35)38-21-7-5-18(6-8-21)28(33,34)39-22-12-19(29)11-20(30)13-22/h2,9-13,16,18,21,27H,1,3-8,14-15H2. The molecule has 2 fully saturated rings. The number of benzene rings is 2. The number of carbonyl (C=O) groups is 1. The molecule has 1 aliphatic heterocycles. The molecular weight excluding hydrogens is 530 g/mol. The zero-order valence-corrected chi connectivity index (χ0v) is 20.9. The van der Waals surface area contributed by atoms with E-state index in [0.717, 1.165) is 25.0 Å². The highest BCUT2D eigenvalue weighted by molar-refractivity contribution is 5.90. The summed E-state index contributed by atoms with van der Waals surface area (Å²) in [5.74, 6) is -7.54. The second-order valence-electron chi connectivity index (χ2n) is 9.74. The van der Waals surface area contributed by atoms with Crippen LogP contribution in [0.1, 0.15) is 60.7 Å². The Kier molecular flexibility index (Phi) is 9.22. The Morgan fingerprint density at radius 1 is 0.949 bits per heavy atom. The average molecular weight is 559 g/mol. The van der Waals surface area contributed by atoms with Gasteiger partial charge in [-0.3, -0.25) is 0 Å². The first-order valence-electron chi connectivity index (χ1n) is 12.6. The molecule has 0 amide bonds. The molecule has 11 heteroatoms. The van der Waals surface area contributed by atoms with Crippen molar-refractivity contribution in [3.8, 4) is 5.75 Å². The minimum absolute atomic E-state index is 0.0229. The second kappa shape index (κ2) is 12.4. The molecule has 0 unspecified atom stereocenters. The largest absolute Gasteiger partial charge is 0.459 e. The summed E-state index contributed by atoms with van der Waals surface area (Å²) in [5.41, 5.74) is -0.827. The topological polar surface area (TPSA) is 54.0 Å². The molecule has 5 nitrogen and oxygen atoms in total. The number of allylic oxidation sites excluding steroid dienone is 1. The number of halogens is 6. The van der Waals surface area contributed by atoms with Gasteiger partial charge >= 0.3 is 12.1 Å². The van der Waals surface area contributed by atoms with Gasteiger partial charge in [0.15, 0.2) is 6.29 Å². The Bertz CT molecular complexity index is 1130. The van der Waals surface area contributed by atoms with E-state index in [4.69, 9.17) is 14.2 Å². The summed E-state index contributed by atoms with van der Waals surface area (Å²) < 4.78 is 106. The van der Waals surface area contributed by atoms with E-state index in [1.165, 1.54) is 0 Å². The third kappa shape index (κ3) is 7.33. The number of hydrogen-bond acceptors (Lipinski definition) is 5. The van der Waals surface area contributed by atoms with Gasteiger partial charge in [-0.15, -0.1) is 6.58 Å². The van der Waals surface area contributed by atoms with Crippen LogP contribution < -0.4 is 4.74 Å². The number of rotatable bonds is 9. The van der Waals surface area contributed by atoms with Gasteiger partial charge in [-0.1, -0.05) is 6.08 Å². The Labute approximate surface area is 221 Å². The summed E-state index contributed by atoms with van der Waals surface area (Å²) in [7, 11) is 0. The van der Waals surface area contributed by atoms with Crippen molar-refractivity contribution in [2.75, 3.05) is 13.2 Å². The number of esters is 1. The van der Waals surface area contributed by atoms with E-state index in [9.17, 15) is 31.1 Å². The molecule has 0 spiro atoms. The molecule has 0 radical (unpaired) electrons. The van der Waals surface area contributed by atoms with Gasteiger partial charge in [0, 0.05) is 29.7 Å². The number of alkyl halides is 2. The predicted octanol–water partition coefficient (Wildman–Crippen LogP) is 7.26. The van der Waals surface area contributed by atoms with Crippen LogP contribution in [0.5, 0.6) is 5.75 Å². The van der Waals surface area contributed by atoms with E-state index < -0.39 is 65.0 Å². The van der Waals surface area contributed by atoms with Gasteiger partial charge in [-0.25, -0.2) is 22.4 Å². The molecule has 39 heavy (non-hydrogen) atoms. The average Bonchev–Trinajstić information content (AvgIpc) is 2.86. The monoisotopic (exact) mass is 558 g/mol. The lowest BCUT2D eigenvalue weighted by atomic mass is 9.86. The van der Waals surface area contributed by atoms with Gasteiger partial charge in [0.25, 0.3) is 0 Å². The molecule has 1 aliphatic carbocycles. The summed E-state index contributed by atoms with van der Waals surface area (Å²) in [5, 5.41) is 0. The Morgan fingerprint density at radius 2 is 1.54 bits per heavy atom. The third-order valence-corrected chi connectivity index (χ3v) is 6.80. The van der Waals surface area contributed by atoms with Crippen LogP contribution in [0.25, 0.3) is 0 Å². The van der Waals surface area contributed by atoms with E-state index in [2.05, 4.69) is 11.3 Å². The summed E-state index contributed by atoms with van der Waals surface area (Å²) in [6, 6.07) is 3.71. The number of carbonyl (C=O) groups excluding carboxylic acids is 1. The lowest BCUT2D eigenvalue weighted by molar-refractivity contribution is -0.224. The summed E-state index contributed by atoms with van der Waals surface area (Å²) >= 11 is 0. The molecule has 0 bridgehead atoms. The number of hydrogen-bond donors (Lipinski definition) is 0. The van der Waals surface area contributed by atoms with Gasteiger partial charge in [0.2, 0.25) is 0 Å². The van der Waals surface area contributed by atoms with Crippen molar-refractivity contribution in [1.82, 2.24) is 0 Å². The minimum atomic E-state index is -3.74. The van der Waals surface area contributed by atoms with Gasteiger partial charge in [0.1, 0.15) is 40.7 Å². The maximum absolute atomic E-state index is 14.8. The van der Waals surface area contributed by atoms with Crippen LogP contribution >= 0.6 is 0 Å². The maximum atomic E-state index is 14.8. The van der Waals surface area contributed by atoms with E-state index in [0.29, 0.717) is 31.4 Å². The van der Waals surface area contributed by atoms with Gasteiger partial charge in [0.05, 0.1) is 19.1 Å². The van der Waals surface area contributed by atoms with E-state index >= 15 is 0 Å². The molecule has 2 aliphatic rings. The fourth-order valence-electron chi connectivity index (χ4n) is 4.73. The van der Waals surface area contributed by atoms with Crippen molar-refractivity contribution in [3.63, 3.8) is 0 Å². The quantitative estimate of drug-likeness (QED) is 0.184. The highest BCUT2D eigenvalue weighted by atomic mass is 19.3. The molecule has 2 aromatic carbocycles. The molecule has 1 saturated heterocycles. The number of ether oxygens (including phenoxy) is 4. The Morgan fingerprint density at radius 3 is 2.10 bits per heavy atom. The lowest BCUT2D eigenvalue weighted by Crippen LogP contribution is -2.39. The maximum Gasteiger partial charge on any atom is 0.400 e. The molecule has 1 heterocycles. The van der Waals surface area contributed by atoms with Crippen LogP contribution in [-0.4, -0.2) is 31.4 Å². The minimum Gasteiger partial charge on any atom is -0.459 e. The summed E-state index contributed by atoms with van der Waals surface area (Å²) in [4.78, 5) is 12.6. The van der Waals surface area contributed by atoms with Crippen LogP contribution in [0, 0.1) is 35.1 Å². The fourth-order valence-corrected chi connectivity index (χ4v) is 4.73. The van der Waals surface area contributed by atoms with Crippen LogP contribution in [0.3, 0.4) is 0 Å². The Balaban J connectivity index is 1.31. The normalized spacial score (nSPS) is 23.7. The molecule has 2 aromatic rings. The smallest absolute Gasteiger partial charge is 0.400 e. The van der Waals surface area contributed by atoms with Crippen LogP contribution in [0.15, 0.2) is 43.0 Å². The lowest BCUT2D eigenvalue weighted by Gasteiger charge is -2.33. The Hall–Kier alpha value is -3.05. The zero-order valence-electron chi connectivity index (χ0n) is 20.9. The van der Waals surface area contributed by atoms with Gasteiger partial charge in [-0.05, 0) is 50.7 Å². The molecule has 0 N–H and O–H groups in total. The third-order valence-electron chi connectivity index (χ3n) is 6.80. The van der Waals surface area contributed by atoms with Crippen molar-refractivity contribution < 1.29 is 50.1 Å². The first kappa shape index (κ1) is 28.9. The predicted molar refractivity (Wildman–Crippen MR) is 127 cm³/mol. The van der Waals surface area contributed by atoms with Crippen molar-refractivity contribution in [2.24, 2.45) is 11.8 Å².